The van der Waals surface area contributed by atoms with Crippen LogP contribution in [0.4, 0.5) is 4.79 Å². The highest BCUT2D eigenvalue weighted by Gasteiger charge is 2.53. The minimum absolute atomic E-state index is 0.109. The van der Waals surface area contributed by atoms with E-state index in [4.69, 9.17) is 18.9 Å². The summed E-state index contributed by atoms with van der Waals surface area (Å²) in [6, 6.07) is 3.14. The Bertz CT molecular complexity index is 757. The van der Waals surface area contributed by atoms with E-state index in [1.807, 2.05) is 0 Å². The Labute approximate surface area is 163 Å². The number of benzene rings is 1. The van der Waals surface area contributed by atoms with Gasteiger partial charge in [-0.05, 0) is 32.9 Å². The van der Waals surface area contributed by atoms with Crippen molar-refractivity contribution < 1.29 is 33.3 Å². The predicted molar refractivity (Wildman–Crippen MR) is 99.1 cm³/mol. The van der Waals surface area contributed by atoms with E-state index < -0.39 is 35.7 Å². The van der Waals surface area contributed by atoms with Crippen molar-refractivity contribution in [3.05, 3.63) is 23.8 Å². The maximum atomic E-state index is 12.6. The molecule has 2 rings (SSSR count). The second-order valence-electron chi connectivity index (χ2n) is 7.24. The molecule has 1 saturated heterocycles. The Morgan fingerprint density at radius 2 is 1.82 bits per heavy atom. The van der Waals surface area contributed by atoms with Crippen LogP contribution in [0.2, 0.25) is 0 Å². The number of nitrogens with one attached hydrogen (secondary N) is 1. The van der Waals surface area contributed by atoms with Crippen molar-refractivity contribution in [1.82, 2.24) is 10.2 Å². The lowest BCUT2D eigenvalue weighted by molar-refractivity contribution is -0.169. The summed E-state index contributed by atoms with van der Waals surface area (Å²) in [6.07, 6.45) is -0.776. The highest BCUT2D eigenvalue weighted by atomic mass is 16.6. The van der Waals surface area contributed by atoms with Crippen LogP contribution < -0.4 is 14.8 Å². The summed E-state index contributed by atoms with van der Waals surface area (Å²) in [5.74, 6) is 0.0658. The Kier molecular flexibility index (Phi) is 6.37. The van der Waals surface area contributed by atoms with Crippen LogP contribution in [-0.2, 0) is 25.6 Å². The summed E-state index contributed by atoms with van der Waals surface area (Å²) in [7, 11) is 4.26. The van der Waals surface area contributed by atoms with E-state index in [1.54, 1.807) is 39.0 Å². The number of methoxy groups -OCH3 is 3. The molecule has 2 unspecified atom stereocenters. The van der Waals surface area contributed by atoms with Crippen molar-refractivity contribution in [2.45, 2.75) is 45.0 Å². The lowest BCUT2D eigenvalue weighted by Gasteiger charge is -2.45. The first kappa shape index (κ1) is 21.3. The topological polar surface area (TPSA) is 103 Å². The molecule has 1 N–H and O–H groups in total. The van der Waals surface area contributed by atoms with Crippen LogP contribution in [0.1, 0.15) is 26.3 Å². The fraction of sp³-hybridized carbons (Fsp3) is 0.526. The average Bonchev–Trinajstić information content (AvgIpc) is 2.64. The van der Waals surface area contributed by atoms with Gasteiger partial charge >= 0.3 is 12.1 Å². The Balaban J connectivity index is 2.18. The van der Waals surface area contributed by atoms with Crippen LogP contribution in [0.25, 0.3) is 0 Å². The van der Waals surface area contributed by atoms with Gasteiger partial charge in [0, 0.05) is 11.6 Å². The summed E-state index contributed by atoms with van der Waals surface area (Å²) >= 11 is 0. The lowest BCUT2D eigenvalue weighted by Crippen LogP contribution is -2.73. The zero-order chi connectivity index (χ0) is 21.1. The molecule has 1 aromatic rings. The molecule has 1 aliphatic heterocycles. The first-order valence-electron chi connectivity index (χ1n) is 8.70. The number of nitrogens with zero attached hydrogens (tertiary/aromatic N) is 1. The zero-order valence-corrected chi connectivity index (χ0v) is 16.9. The van der Waals surface area contributed by atoms with Gasteiger partial charge in [-0.2, -0.15) is 0 Å². The van der Waals surface area contributed by atoms with Gasteiger partial charge in [0.15, 0.2) is 6.04 Å². The van der Waals surface area contributed by atoms with E-state index in [-0.39, 0.29) is 6.54 Å². The summed E-state index contributed by atoms with van der Waals surface area (Å²) in [5, 5.41) is 2.45. The number of ether oxygens (including phenoxy) is 4. The fourth-order valence-corrected chi connectivity index (χ4v) is 2.85. The number of rotatable bonds is 6. The largest absolute Gasteiger partial charge is 0.497 e. The molecule has 0 aliphatic carbocycles. The molecule has 1 fully saturated rings. The molecule has 0 aromatic heterocycles. The van der Waals surface area contributed by atoms with Crippen molar-refractivity contribution in [1.29, 1.82) is 0 Å². The molecule has 0 bridgehead atoms. The zero-order valence-electron chi connectivity index (χ0n) is 16.9. The standard InChI is InChI=1S/C19H26N2O7/c1-19(2,3)28-18(24)20-14-15(17(23)27-6)21(16(14)22)10-11-7-8-12(25-4)9-13(11)26-5/h7-9,14-15H,10H2,1-6H3,(H,20,24). The van der Waals surface area contributed by atoms with E-state index >= 15 is 0 Å². The Hall–Kier alpha value is -2.97. The van der Waals surface area contributed by atoms with Crippen LogP contribution in [-0.4, -0.2) is 61.9 Å². The van der Waals surface area contributed by atoms with Gasteiger partial charge in [-0.15, -0.1) is 0 Å². The molecule has 2 amide bonds. The van der Waals surface area contributed by atoms with E-state index in [0.29, 0.717) is 17.1 Å². The second-order valence-corrected chi connectivity index (χ2v) is 7.24. The molecule has 1 aliphatic rings. The molecule has 0 saturated carbocycles. The van der Waals surface area contributed by atoms with Gasteiger partial charge in [0.1, 0.15) is 23.1 Å². The molecule has 1 aromatic carbocycles. The minimum Gasteiger partial charge on any atom is -0.497 e. The third-order valence-corrected chi connectivity index (χ3v) is 4.15. The molecule has 9 nitrogen and oxygen atoms in total. The summed E-state index contributed by atoms with van der Waals surface area (Å²) in [6.45, 7) is 5.22. The number of amides is 2. The highest BCUT2D eigenvalue weighted by molar-refractivity contribution is 6.01. The second kappa shape index (κ2) is 8.37. The molecular weight excluding hydrogens is 368 g/mol. The Morgan fingerprint density at radius 3 is 2.36 bits per heavy atom. The van der Waals surface area contributed by atoms with E-state index in [0.717, 1.165) is 0 Å². The van der Waals surface area contributed by atoms with E-state index in [1.165, 1.54) is 26.2 Å². The molecule has 154 valence electrons. The van der Waals surface area contributed by atoms with Crippen LogP contribution in [0.15, 0.2) is 18.2 Å². The number of likely N-dealkylation sites (tertiary alicyclic amines) is 1. The molecule has 0 spiro atoms. The van der Waals surface area contributed by atoms with Gasteiger partial charge in [0.25, 0.3) is 0 Å². The van der Waals surface area contributed by atoms with Gasteiger partial charge in [-0.3, -0.25) is 4.79 Å². The number of β-lactam (4-membered cyclic amide) rings is 1. The molecule has 1 heterocycles. The number of esters is 1. The first-order chi connectivity index (χ1) is 13.1. The fourth-order valence-electron chi connectivity index (χ4n) is 2.85. The third kappa shape index (κ3) is 4.65. The quantitative estimate of drug-likeness (QED) is 0.576. The third-order valence-electron chi connectivity index (χ3n) is 4.15. The molecular formula is C19H26N2O7. The number of alkyl carbamates (subject to hydrolysis) is 1. The van der Waals surface area contributed by atoms with Gasteiger partial charge in [0.05, 0.1) is 27.9 Å². The van der Waals surface area contributed by atoms with E-state index in [2.05, 4.69) is 5.32 Å². The number of carbonyl (C=O) groups excluding carboxylic acids is 3. The van der Waals surface area contributed by atoms with Gasteiger partial charge in [0.2, 0.25) is 5.91 Å². The number of carbonyl (C=O) groups is 3. The van der Waals surface area contributed by atoms with Crippen LogP contribution in [0, 0.1) is 0 Å². The van der Waals surface area contributed by atoms with Gasteiger partial charge < -0.3 is 29.2 Å². The number of hydrogen-bond acceptors (Lipinski definition) is 7. The molecule has 2 atom stereocenters. The van der Waals surface area contributed by atoms with Crippen molar-refractivity contribution in [2.75, 3.05) is 21.3 Å². The SMILES string of the molecule is COC(=O)C1C(NC(=O)OC(C)(C)C)C(=O)N1Cc1ccc(OC)cc1OC. The normalized spacial score (nSPS) is 18.8. The van der Waals surface area contributed by atoms with Gasteiger partial charge in [-0.1, -0.05) is 0 Å². The average molecular weight is 394 g/mol. The van der Waals surface area contributed by atoms with Crippen LogP contribution >= 0.6 is 0 Å². The van der Waals surface area contributed by atoms with Crippen molar-refractivity contribution in [3.8, 4) is 11.5 Å². The predicted octanol–water partition coefficient (Wildman–Crippen LogP) is 1.48. The molecule has 0 radical (unpaired) electrons. The monoisotopic (exact) mass is 394 g/mol. The summed E-state index contributed by atoms with van der Waals surface area (Å²) in [4.78, 5) is 38.1. The summed E-state index contributed by atoms with van der Waals surface area (Å²) < 4.78 is 20.5. The van der Waals surface area contributed by atoms with Crippen molar-refractivity contribution in [2.24, 2.45) is 0 Å². The highest BCUT2D eigenvalue weighted by Crippen LogP contribution is 2.30. The maximum absolute atomic E-state index is 12.6. The maximum Gasteiger partial charge on any atom is 0.408 e. The summed E-state index contributed by atoms with van der Waals surface area (Å²) in [5.41, 5.74) is -0.0467. The lowest BCUT2D eigenvalue weighted by atomic mass is 9.94. The van der Waals surface area contributed by atoms with E-state index in [9.17, 15) is 14.4 Å². The van der Waals surface area contributed by atoms with Crippen molar-refractivity contribution >= 4 is 18.0 Å². The minimum atomic E-state index is -1.05. The van der Waals surface area contributed by atoms with Gasteiger partial charge in [-0.25, -0.2) is 9.59 Å². The Morgan fingerprint density at radius 1 is 1.14 bits per heavy atom. The smallest absolute Gasteiger partial charge is 0.408 e. The molecule has 9 heteroatoms. The van der Waals surface area contributed by atoms with Crippen LogP contribution in [0.3, 0.4) is 0 Å². The van der Waals surface area contributed by atoms with Crippen molar-refractivity contribution in [3.63, 3.8) is 0 Å². The first-order valence-corrected chi connectivity index (χ1v) is 8.70. The van der Waals surface area contributed by atoms with Crippen LogP contribution in [0.5, 0.6) is 11.5 Å². The molecule has 28 heavy (non-hydrogen) atoms. The number of hydrogen-bond donors (Lipinski definition) is 1.